The van der Waals surface area contributed by atoms with Crippen LogP contribution >= 0.6 is 23.2 Å². The second-order valence-electron chi connectivity index (χ2n) is 5.30. The monoisotopic (exact) mass is 336 g/mol. The second-order valence-corrected chi connectivity index (χ2v) is 6.14. The maximum Gasteiger partial charge on any atom is 0.243 e. The van der Waals surface area contributed by atoms with Gasteiger partial charge in [-0.25, -0.2) is 0 Å². The summed E-state index contributed by atoms with van der Waals surface area (Å²) >= 11 is 12.0. The topological polar surface area (TPSA) is 41.1 Å². The van der Waals surface area contributed by atoms with E-state index in [2.05, 4.69) is 10.6 Å². The molecule has 0 heterocycles. The van der Waals surface area contributed by atoms with E-state index in [1.165, 1.54) is 5.56 Å². The van der Waals surface area contributed by atoms with E-state index >= 15 is 0 Å². The number of hydrogen-bond acceptors (Lipinski definition) is 2. The lowest BCUT2D eigenvalue weighted by atomic mass is 10.1. The maximum atomic E-state index is 12.1. The van der Waals surface area contributed by atoms with Crippen molar-refractivity contribution in [3.63, 3.8) is 0 Å². The van der Waals surface area contributed by atoms with Crippen molar-refractivity contribution in [2.24, 2.45) is 0 Å². The highest BCUT2D eigenvalue weighted by molar-refractivity contribution is 6.35. The Morgan fingerprint density at radius 2 is 1.68 bits per heavy atom. The number of carbonyl (C=O) groups excluding carboxylic acids is 1. The Kier molecular flexibility index (Phi) is 5.33. The van der Waals surface area contributed by atoms with Crippen LogP contribution in [-0.2, 0) is 4.79 Å². The van der Waals surface area contributed by atoms with E-state index in [0.29, 0.717) is 15.7 Å². The van der Waals surface area contributed by atoms with Crippen LogP contribution < -0.4 is 10.6 Å². The number of nitrogens with one attached hydrogen (secondary N) is 2. The van der Waals surface area contributed by atoms with Gasteiger partial charge in [0.2, 0.25) is 5.91 Å². The highest BCUT2D eigenvalue weighted by Crippen LogP contribution is 2.25. The van der Waals surface area contributed by atoms with Crippen molar-refractivity contribution in [2.45, 2.75) is 20.8 Å². The number of anilines is 2. The van der Waals surface area contributed by atoms with Crippen molar-refractivity contribution in [1.29, 1.82) is 0 Å². The van der Waals surface area contributed by atoms with Crippen LogP contribution in [0.3, 0.4) is 0 Å². The van der Waals surface area contributed by atoms with Gasteiger partial charge in [-0.15, -0.1) is 0 Å². The van der Waals surface area contributed by atoms with Crippen LogP contribution in [0, 0.1) is 20.8 Å². The van der Waals surface area contributed by atoms with Crippen molar-refractivity contribution >= 4 is 40.5 Å². The number of carbonyl (C=O) groups is 1. The van der Waals surface area contributed by atoms with Gasteiger partial charge in [-0.1, -0.05) is 40.9 Å². The predicted octanol–water partition coefficient (Wildman–Crippen LogP) is 4.97. The summed E-state index contributed by atoms with van der Waals surface area (Å²) in [7, 11) is 0. The summed E-state index contributed by atoms with van der Waals surface area (Å²) in [5, 5.41) is 7.02. The quantitative estimate of drug-likeness (QED) is 0.827. The number of aryl methyl sites for hydroxylation is 3. The molecule has 0 radical (unpaired) electrons. The molecule has 0 aliphatic rings. The van der Waals surface area contributed by atoms with E-state index in [1.54, 1.807) is 18.2 Å². The Labute approximate surface area is 140 Å². The van der Waals surface area contributed by atoms with E-state index in [0.717, 1.165) is 16.8 Å². The molecule has 2 N–H and O–H groups in total. The van der Waals surface area contributed by atoms with Crippen LogP contribution in [0.15, 0.2) is 30.3 Å². The Bertz CT molecular complexity index is 691. The molecular weight excluding hydrogens is 319 g/mol. The Morgan fingerprint density at radius 3 is 2.32 bits per heavy atom. The summed E-state index contributed by atoms with van der Waals surface area (Å²) in [6.45, 7) is 6.12. The van der Waals surface area contributed by atoms with Crippen molar-refractivity contribution in [3.8, 4) is 0 Å². The second kappa shape index (κ2) is 7.03. The molecule has 2 aromatic rings. The fourth-order valence-corrected chi connectivity index (χ4v) is 2.73. The molecule has 0 aliphatic heterocycles. The number of hydrogen-bond donors (Lipinski definition) is 2. The van der Waals surface area contributed by atoms with E-state index in [-0.39, 0.29) is 12.5 Å². The predicted molar refractivity (Wildman–Crippen MR) is 94.2 cm³/mol. The summed E-state index contributed by atoms with van der Waals surface area (Å²) < 4.78 is 0. The van der Waals surface area contributed by atoms with Gasteiger partial charge in [-0.2, -0.15) is 0 Å². The zero-order valence-corrected chi connectivity index (χ0v) is 14.3. The SMILES string of the molecule is Cc1cc(C)c(NC(=O)CNc2cc(Cl)ccc2Cl)c(C)c1. The third-order valence-electron chi connectivity index (χ3n) is 3.31. The third-order valence-corrected chi connectivity index (χ3v) is 3.87. The van der Waals surface area contributed by atoms with Crippen LogP contribution in [-0.4, -0.2) is 12.5 Å². The lowest BCUT2D eigenvalue weighted by Crippen LogP contribution is -2.22. The summed E-state index contributed by atoms with van der Waals surface area (Å²) in [5.41, 5.74) is 4.77. The fraction of sp³-hybridized carbons (Fsp3) is 0.235. The first-order valence-electron chi connectivity index (χ1n) is 6.93. The first-order chi connectivity index (χ1) is 10.4. The Balaban J connectivity index is 2.03. The minimum absolute atomic E-state index is 0.118. The Hall–Kier alpha value is -1.71. The standard InChI is InChI=1S/C17H18Cl2N2O/c1-10-6-11(2)17(12(3)7-10)21-16(22)9-20-15-8-13(18)4-5-14(15)19/h4-8,20H,9H2,1-3H3,(H,21,22). The van der Waals surface area contributed by atoms with Gasteiger partial charge in [0.1, 0.15) is 0 Å². The first kappa shape index (κ1) is 16.7. The average Bonchev–Trinajstić information content (AvgIpc) is 2.44. The molecule has 0 saturated heterocycles. The van der Waals surface area contributed by atoms with Gasteiger partial charge in [-0.05, 0) is 50.1 Å². The average molecular weight is 337 g/mol. The molecule has 0 fully saturated rings. The summed E-state index contributed by atoms with van der Waals surface area (Å²) in [6.07, 6.45) is 0. The van der Waals surface area contributed by atoms with Gasteiger partial charge in [-0.3, -0.25) is 4.79 Å². The van der Waals surface area contributed by atoms with Gasteiger partial charge >= 0.3 is 0 Å². The van der Waals surface area contributed by atoms with Crippen LogP contribution in [0.4, 0.5) is 11.4 Å². The molecule has 0 spiro atoms. The molecule has 0 aromatic heterocycles. The minimum atomic E-state index is -0.133. The molecular formula is C17H18Cl2N2O. The van der Waals surface area contributed by atoms with Crippen molar-refractivity contribution in [2.75, 3.05) is 17.2 Å². The van der Waals surface area contributed by atoms with E-state index in [9.17, 15) is 4.79 Å². The minimum Gasteiger partial charge on any atom is -0.375 e. The first-order valence-corrected chi connectivity index (χ1v) is 7.69. The molecule has 0 bridgehead atoms. The van der Waals surface area contributed by atoms with Gasteiger partial charge < -0.3 is 10.6 Å². The maximum absolute atomic E-state index is 12.1. The number of rotatable bonds is 4. The molecule has 2 rings (SSSR count). The van der Waals surface area contributed by atoms with E-state index in [1.807, 2.05) is 32.9 Å². The van der Waals surface area contributed by atoms with Gasteiger partial charge in [0.15, 0.2) is 0 Å². The van der Waals surface area contributed by atoms with E-state index < -0.39 is 0 Å². The van der Waals surface area contributed by atoms with Gasteiger partial charge in [0.05, 0.1) is 17.3 Å². The normalized spacial score (nSPS) is 10.4. The van der Waals surface area contributed by atoms with Crippen molar-refractivity contribution in [1.82, 2.24) is 0 Å². The molecule has 5 heteroatoms. The molecule has 2 aromatic carbocycles. The fourth-order valence-electron chi connectivity index (χ4n) is 2.37. The Morgan fingerprint density at radius 1 is 1.05 bits per heavy atom. The molecule has 0 unspecified atom stereocenters. The summed E-state index contributed by atoms with van der Waals surface area (Å²) in [4.78, 5) is 12.1. The van der Waals surface area contributed by atoms with Crippen molar-refractivity contribution in [3.05, 3.63) is 57.1 Å². The lowest BCUT2D eigenvalue weighted by Gasteiger charge is -2.14. The zero-order chi connectivity index (χ0) is 16.3. The number of amides is 1. The molecule has 0 aliphatic carbocycles. The number of halogens is 2. The smallest absolute Gasteiger partial charge is 0.243 e. The molecule has 22 heavy (non-hydrogen) atoms. The van der Waals surface area contributed by atoms with Gasteiger partial charge in [0.25, 0.3) is 0 Å². The molecule has 116 valence electrons. The third kappa shape index (κ3) is 4.15. The van der Waals surface area contributed by atoms with Gasteiger partial charge in [0, 0.05) is 10.7 Å². The highest BCUT2D eigenvalue weighted by atomic mass is 35.5. The number of benzene rings is 2. The summed E-state index contributed by atoms with van der Waals surface area (Å²) in [5.74, 6) is -0.133. The highest BCUT2D eigenvalue weighted by Gasteiger charge is 2.09. The van der Waals surface area contributed by atoms with Crippen LogP contribution in [0.25, 0.3) is 0 Å². The zero-order valence-electron chi connectivity index (χ0n) is 12.8. The largest absolute Gasteiger partial charge is 0.375 e. The molecule has 3 nitrogen and oxygen atoms in total. The summed E-state index contributed by atoms with van der Waals surface area (Å²) in [6, 6.07) is 9.18. The molecule has 0 saturated carbocycles. The molecule has 1 amide bonds. The van der Waals surface area contributed by atoms with Crippen LogP contribution in [0.2, 0.25) is 10.0 Å². The van der Waals surface area contributed by atoms with Crippen LogP contribution in [0.5, 0.6) is 0 Å². The lowest BCUT2D eigenvalue weighted by molar-refractivity contribution is -0.114. The van der Waals surface area contributed by atoms with E-state index in [4.69, 9.17) is 23.2 Å². The molecule has 0 atom stereocenters. The van der Waals surface area contributed by atoms with Crippen LogP contribution in [0.1, 0.15) is 16.7 Å². The van der Waals surface area contributed by atoms with Crippen molar-refractivity contribution < 1.29 is 4.79 Å².